The number of nitriles is 1. The van der Waals surface area contributed by atoms with Gasteiger partial charge in [0, 0.05) is 11.9 Å². The molecular formula is C10H9N3S. The van der Waals surface area contributed by atoms with Crippen molar-refractivity contribution in [1.82, 2.24) is 4.98 Å². The lowest BCUT2D eigenvalue weighted by molar-refractivity contribution is 0.807. The number of rotatable bonds is 2. The molecule has 2 heterocycles. The molecule has 1 aliphatic rings. The van der Waals surface area contributed by atoms with Crippen LogP contribution in [0.5, 0.6) is 0 Å². The molecule has 0 spiro atoms. The quantitative estimate of drug-likeness (QED) is 0.740. The number of pyridine rings is 1. The molecule has 3 nitrogen and oxygen atoms in total. The topological polar surface area (TPSA) is 49.0 Å². The van der Waals surface area contributed by atoms with Gasteiger partial charge in [0.2, 0.25) is 0 Å². The van der Waals surface area contributed by atoms with Gasteiger partial charge in [0.1, 0.15) is 6.04 Å². The molecule has 0 amide bonds. The van der Waals surface area contributed by atoms with E-state index in [0.29, 0.717) is 6.42 Å². The van der Waals surface area contributed by atoms with Crippen LogP contribution in [-0.2, 0) is 0 Å². The minimum atomic E-state index is 0.143. The molecule has 1 aromatic heterocycles. The Morgan fingerprint density at radius 2 is 2.50 bits per heavy atom. The van der Waals surface area contributed by atoms with E-state index >= 15 is 0 Å². The average Bonchev–Trinajstić information content (AvgIpc) is 2.68. The second-order valence-electron chi connectivity index (χ2n) is 2.94. The molecule has 1 unspecified atom stereocenters. The van der Waals surface area contributed by atoms with Crippen molar-refractivity contribution in [3.8, 4) is 6.07 Å². The normalized spacial score (nSPS) is 20.2. The van der Waals surface area contributed by atoms with Crippen LogP contribution in [0.4, 0.5) is 0 Å². The first-order chi connectivity index (χ1) is 6.90. The molecule has 1 aromatic rings. The lowest BCUT2D eigenvalue weighted by Crippen LogP contribution is -1.96. The maximum atomic E-state index is 8.52. The number of hydrogen-bond acceptors (Lipinski definition) is 4. The first-order valence-corrected chi connectivity index (χ1v) is 5.36. The Morgan fingerprint density at radius 3 is 3.21 bits per heavy atom. The average molecular weight is 203 g/mol. The van der Waals surface area contributed by atoms with E-state index < -0.39 is 0 Å². The van der Waals surface area contributed by atoms with Crippen LogP contribution in [0.2, 0.25) is 0 Å². The van der Waals surface area contributed by atoms with Crippen LogP contribution in [0.3, 0.4) is 0 Å². The minimum absolute atomic E-state index is 0.143. The number of hydrogen-bond donors (Lipinski definition) is 0. The Kier molecular flexibility index (Phi) is 2.80. The van der Waals surface area contributed by atoms with Gasteiger partial charge in [-0.05, 0) is 12.1 Å². The fraction of sp³-hybridized carbons (Fsp3) is 0.300. The largest absolute Gasteiger partial charge is 0.271 e. The summed E-state index contributed by atoms with van der Waals surface area (Å²) in [4.78, 5) is 8.69. The molecule has 1 aliphatic heterocycles. The highest BCUT2D eigenvalue weighted by Crippen LogP contribution is 2.29. The summed E-state index contributed by atoms with van der Waals surface area (Å²) in [7, 11) is 0. The Bertz CT molecular complexity index is 380. The highest BCUT2D eigenvalue weighted by molar-refractivity contribution is 8.14. The van der Waals surface area contributed by atoms with Crippen molar-refractivity contribution in [3.05, 3.63) is 30.1 Å². The van der Waals surface area contributed by atoms with Gasteiger partial charge in [-0.2, -0.15) is 5.26 Å². The Morgan fingerprint density at radius 1 is 1.57 bits per heavy atom. The fourth-order valence-corrected chi connectivity index (χ4v) is 2.28. The molecule has 0 N–H and O–H groups in total. The number of aromatic nitrogens is 1. The van der Waals surface area contributed by atoms with E-state index in [4.69, 9.17) is 5.26 Å². The number of thioether (sulfide) groups is 1. The molecule has 0 fully saturated rings. The zero-order valence-electron chi connectivity index (χ0n) is 7.55. The predicted molar refractivity (Wildman–Crippen MR) is 57.1 cm³/mol. The SMILES string of the molecule is N#CCC1=NC(c2ccccn2)CS1. The van der Waals surface area contributed by atoms with Crippen molar-refractivity contribution in [2.45, 2.75) is 12.5 Å². The maximum absolute atomic E-state index is 8.52. The lowest BCUT2D eigenvalue weighted by atomic mass is 10.2. The second kappa shape index (κ2) is 4.25. The Labute approximate surface area is 86.9 Å². The van der Waals surface area contributed by atoms with Gasteiger partial charge in [-0.1, -0.05) is 6.07 Å². The summed E-state index contributed by atoms with van der Waals surface area (Å²) in [5.74, 6) is 0.911. The van der Waals surface area contributed by atoms with E-state index in [-0.39, 0.29) is 6.04 Å². The van der Waals surface area contributed by atoms with E-state index in [1.807, 2.05) is 18.2 Å². The molecule has 0 aliphatic carbocycles. The van der Waals surface area contributed by atoms with Crippen molar-refractivity contribution in [3.63, 3.8) is 0 Å². The van der Waals surface area contributed by atoms with E-state index in [9.17, 15) is 0 Å². The van der Waals surface area contributed by atoms with Gasteiger partial charge < -0.3 is 0 Å². The zero-order chi connectivity index (χ0) is 9.80. The van der Waals surface area contributed by atoms with Crippen molar-refractivity contribution in [2.24, 2.45) is 4.99 Å². The van der Waals surface area contributed by atoms with Gasteiger partial charge in [-0.15, -0.1) is 11.8 Å². The molecule has 1 atom stereocenters. The summed E-state index contributed by atoms with van der Waals surface area (Å²) >= 11 is 1.66. The standard InChI is InChI=1S/C10H9N3S/c11-5-4-10-13-9(7-14-10)8-3-1-2-6-12-8/h1-3,6,9H,4,7H2. The van der Waals surface area contributed by atoms with Crippen molar-refractivity contribution >= 4 is 16.8 Å². The summed E-state index contributed by atoms with van der Waals surface area (Å²) in [5, 5.41) is 9.46. The molecule has 0 radical (unpaired) electrons. The van der Waals surface area contributed by atoms with Gasteiger partial charge in [0.25, 0.3) is 0 Å². The van der Waals surface area contributed by atoms with Crippen LogP contribution < -0.4 is 0 Å². The summed E-state index contributed by atoms with van der Waals surface area (Å²) in [5.41, 5.74) is 0.993. The van der Waals surface area contributed by atoms with Crippen molar-refractivity contribution in [1.29, 1.82) is 5.26 Å². The maximum Gasteiger partial charge on any atom is 0.102 e. The fourth-order valence-electron chi connectivity index (χ4n) is 1.31. The molecule has 14 heavy (non-hydrogen) atoms. The molecule has 0 saturated heterocycles. The van der Waals surface area contributed by atoms with Crippen LogP contribution in [0.15, 0.2) is 29.4 Å². The first-order valence-electron chi connectivity index (χ1n) is 4.37. The molecular weight excluding hydrogens is 194 g/mol. The van der Waals surface area contributed by atoms with E-state index in [0.717, 1.165) is 16.5 Å². The third-order valence-corrected chi connectivity index (χ3v) is 3.03. The first kappa shape index (κ1) is 9.22. The van der Waals surface area contributed by atoms with E-state index in [1.165, 1.54) is 0 Å². The smallest absolute Gasteiger partial charge is 0.102 e. The van der Waals surface area contributed by atoms with Crippen molar-refractivity contribution < 1.29 is 0 Å². The number of nitrogens with zero attached hydrogens (tertiary/aromatic N) is 3. The third-order valence-electron chi connectivity index (χ3n) is 1.97. The van der Waals surface area contributed by atoms with Crippen LogP contribution in [0.1, 0.15) is 18.2 Å². The van der Waals surface area contributed by atoms with Crippen LogP contribution in [0.25, 0.3) is 0 Å². The van der Waals surface area contributed by atoms with E-state index in [1.54, 1.807) is 18.0 Å². The summed E-state index contributed by atoms with van der Waals surface area (Å²) in [6.45, 7) is 0. The van der Waals surface area contributed by atoms with Gasteiger partial charge in [-0.25, -0.2) is 0 Å². The lowest BCUT2D eigenvalue weighted by Gasteiger charge is -2.02. The molecule has 2 rings (SSSR count). The van der Waals surface area contributed by atoms with E-state index in [2.05, 4.69) is 16.0 Å². The van der Waals surface area contributed by atoms with Crippen LogP contribution in [0, 0.1) is 11.3 Å². The summed E-state index contributed by atoms with van der Waals surface area (Å²) in [6, 6.07) is 8.09. The van der Waals surface area contributed by atoms with Gasteiger partial charge in [-0.3, -0.25) is 9.98 Å². The third kappa shape index (κ3) is 1.94. The Hall–Kier alpha value is -1.34. The highest BCUT2D eigenvalue weighted by Gasteiger charge is 2.19. The van der Waals surface area contributed by atoms with Crippen LogP contribution >= 0.6 is 11.8 Å². The second-order valence-corrected chi connectivity index (χ2v) is 4.03. The zero-order valence-corrected chi connectivity index (χ0v) is 8.37. The molecule has 0 saturated carbocycles. The monoisotopic (exact) mass is 203 g/mol. The molecule has 70 valence electrons. The van der Waals surface area contributed by atoms with Gasteiger partial charge in [0.05, 0.1) is 23.2 Å². The van der Waals surface area contributed by atoms with Gasteiger partial charge >= 0.3 is 0 Å². The summed E-state index contributed by atoms with van der Waals surface area (Å²) in [6.07, 6.45) is 2.20. The Balaban J connectivity index is 2.13. The predicted octanol–water partition coefficient (Wildman–Crippen LogP) is 2.18. The van der Waals surface area contributed by atoms with Gasteiger partial charge in [0.15, 0.2) is 0 Å². The highest BCUT2D eigenvalue weighted by atomic mass is 32.2. The molecule has 0 bridgehead atoms. The minimum Gasteiger partial charge on any atom is -0.271 e. The molecule has 4 heteroatoms. The summed E-state index contributed by atoms with van der Waals surface area (Å²) < 4.78 is 0. The van der Waals surface area contributed by atoms with Crippen molar-refractivity contribution in [2.75, 3.05) is 5.75 Å². The van der Waals surface area contributed by atoms with Crippen LogP contribution in [-0.4, -0.2) is 15.8 Å². The number of aliphatic imine (C=N–C) groups is 1. The molecule has 0 aromatic carbocycles.